The molecule has 2 aromatic heterocycles. The Morgan fingerprint density at radius 3 is 2.97 bits per heavy atom. The summed E-state index contributed by atoms with van der Waals surface area (Å²) in [6, 6.07) is 5.87. The minimum atomic E-state index is -2.78. The molecule has 3 aromatic rings. The fraction of sp³-hybridized carbons (Fsp3) is 0.500. The van der Waals surface area contributed by atoms with Gasteiger partial charge in [-0.25, -0.2) is 0 Å². The molecule has 5 rings (SSSR count). The summed E-state index contributed by atoms with van der Waals surface area (Å²) in [6.07, 6.45) is 0.886. The molecular formula is C20H21ClF2N4O2. The van der Waals surface area contributed by atoms with Crippen LogP contribution in [0, 0.1) is 5.92 Å². The fourth-order valence-electron chi connectivity index (χ4n) is 4.55. The van der Waals surface area contributed by atoms with Crippen LogP contribution >= 0.6 is 11.6 Å². The van der Waals surface area contributed by atoms with Gasteiger partial charge in [0.1, 0.15) is 0 Å². The largest absolute Gasteiger partial charge is 0.402 e. The van der Waals surface area contributed by atoms with Crippen LogP contribution in [0.25, 0.3) is 10.9 Å². The zero-order valence-electron chi connectivity index (χ0n) is 15.7. The van der Waals surface area contributed by atoms with Crippen LogP contribution in [0.4, 0.5) is 14.8 Å². The van der Waals surface area contributed by atoms with Gasteiger partial charge in [0.2, 0.25) is 0 Å². The van der Waals surface area contributed by atoms with Crippen LogP contribution in [0.3, 0.4) is 0 Å². The van der Waals surface area contributed by atoms with Crippen LogP contribution < -0.4 is 4.90 Å². The Kier molecular flexibility index (Phi) is 4.91. The third kappa shape index (κ3) is 3.48. The van der Waals surface area contributed by atoms with Crippen molar-refractivity contribution < 1.29 is 17.9 Å². The molecule has 0 spiro atoms. The number of ether oxygens (including phenoxy) is 1. The number of aromatic amines is 1. The van der Waals surface area contributed by atoms with Crippen molar-refractivity contribution in [2.45, 2.75) is 38.2 Å². The van der Waals surface area contributed by atoms with Crippen molar-refractivity contribution >= 4 is 28.5 Å². The summed E-state index contributed by atoms with van der Waals surface area (Å²) in [5.41, 5.74) is 3.30. The molecule has 1 fully saturated rings. The molecule has 0 saturated carbocycles. The van der Waals surface area contributed by atoms with E-state index in [1.807, 2.05) is 23.1 Å². The summed E-state index contributed by atoms with van der Waals surface area (Å²) < 4.78 is 36.9. The highest BCUT2D eigenvalue weighted by molar-refractivity contribution is 6.31. The summed E-state index contributed by atoms with van der Waals surface area (Å²) >= 11 is 6.22. The minimum Gasteiger partial charge on any atom is -0.402 e. The van der Waals surface area contributed by atoms with E-state index < -0.39 is 12.3 Å². The van der Waals surface area contributed by atoms with Crippen LogP contribution in [0.2, 0.25) is 5.02 Å². The van der Waals surface area contributed by atoms with Gasteiger partial charge in [-0.2, -0.15) is 8.78 Å². The standard InChI is InChI=1S/C20H21ClF2N4O2/c21-12-3-4-15-14(9-12)13-5-6-27(20-26-25-19(29-20)18(22)23)16(17(13)24-15)8-11-2-1-7-28-10-11/h3-4,9,11,16,18,24H,1-2,5-8,10H2/t11-,16-/m0/s1. The normalized spacial score (nSPS) is 22.4. The van der Waals surface area contributed by atoms with E-state index in [0.29, 0.717) is 24.1 Å². The zero-order valence-corrected chi connectivity index (χ0v) is 16.5. The van der Waals surface area contributed by atoms with Crippen molar-refractivity contribution in [3.63, 3.8) is 0 Å². The van der Waals surface area contributed by atoms with Gasteiger partial charge in [-0.3, -0.25) is 0 Å². The first-order valence-electron chi connectivity index (χ1n) is 9.86. The Labute approximate surface area is 171 Å². The number of nitrogens with one attached hydrogen (secondary N) is 1. The molecule has 1 saturated heterocycles. The molecule has 154 valence electrons. The molecule has 9 heteroatoms. The number of halogens is 3. The lowest BCUT2D eigenvalue weighted by Crippen LogP contribution is -2.37. The molecule has 4 heterocycles. The molecule has 1 aromatic carbocycles. The Bertz CT molecular complexity index is 1020. The SMILES string of the molecule is FC(F)c1nnc(N2CCc3c([nH]c4ccc(Cl)cc34)[C@@H]2C[C@@H]2CCCOC2)o1. The monoisotopic (exact) mass is 422 g/mol. The Hall–Kier alpha value is -2.19. The van der Waals surface area contributed by atoms with Crippen LogP contribution in [0.5, 0.6) is 0 Å². The lowest BCUT2D eigenvalue weighted by Gasteiger charge is -2.37. The fourth-order valence-corrected chi connectivity index (χ4v) is 4.72. The van der Waals surface area contributed by atoms with E-state index in [9.17, 15) is 8.78 Å². The Morgan fingerprint density at radius 1 is 1.31 bits per heavy atom. The summed E-state index contributed by atoms with van der Waals surface area (Å²) in [7, 11) is 0. The topological polar surface area (TPSA) is 67.2 Å². The van der Waals surface area contributed by atoms with Crippen LogP contribution in [0.15, 0.2) is 22.6 Å². The maximum absolute atomic E-state index is 13.0. The predicted octanol–water partition coefficient (Wildman–Crippen LogP) is 5.06. The first-order chi connectivity index (χ1) is 14.1. The molecule has 2 aliphatic heterocycles. The van der Waals surface area contributed by atoms with E-state index in [1.54, 1.807) is 0 Å². The lowest BCUT2D eigenvalue weighted by atomic mass is 9.88. The summed E-state index contributed by atoms with van der Waals surface area (Å²) in [5.74, 6) is -0.260. The van der Waals surface area contributed by atoms with Crippen molar-refractivity contribution in [2.24, 2.45) is 5.92 Å². The second-order valence-corrected chi connectivity index (χ2v) is 8.15. The molecule has 2 atom stereocenters. The van der Waals surface area contributed by atoms with E-state index in [1.165, 1.54) is 5.56 Å². The second kappa shape index (κ2) is 7.57. The van der Waals surface area contributed by atoms with E-state index in [4.69, 9.17) is 20.8 Å². The van der Waals surface area contributed by atoms with Gasteiger partial charge in [0.05, 0.1) is 6.04 Å². The number of hydrogen-bond acceptors (Lipinski definition) is 5. The van der Waals surface area contributed by atoms with Crippen molar-refractivity contribution in [2.75, 3.05) is 24.7 Å². The number of H-pyrrole nitrogens is 1. The molecule has 0 aliphatic carbocycles. The van der Waals surface area contributed by atoms with E-state index in [0.717, 1.165) is 48.9 Å². The van der Waals surface area contributed by atoms with Gasteiger partial charge in [-0.1, -0.05) is 16.7 Å². The maximum Gasteiger partial charge on any atom is 0.318 e. The average molecular weight is 423 g/mol. The number of fused-ring (bicyclic) bond motifs is 3. The number of benzene rings is 1. The molecular weight excluding hydrogens is 402 g/mol. The number of anilines is 1. The number of hydrogen-bond donors (Lipinski definition) is 1. The Morgan fingerprint density at radius 2 is 2.21 bits per heavy atom. The third-order valence-corrected chi connectivity index (χ3v) is 6.12. The van der Waals surface area contributed by atoms with Gasteiger partial charge >= 0.3 is 12.4 Å². The van der Waals surface area contributed by atoms with Crippen LogP contribution in [-0.4, -0.2) is 34.9 Å². The third-order valence-electron chi connectivity index (χ3n) is 5.89. The zero-order chi connectivity index (χ0) is 20.0. The number of rotatable bonds is 4. The van der Waals surface area contributed by atoms with Gasteiger partial charge in [0.15, 0.2) is 0 Å². The summed E-state index contributed by atoms with van der Waals surface area (Å²) in [6.45, 7) is 2.11. The molecule has 0 unspecified atom stereocenters. The highest BCUT2D eigenvalue weighted by Gasteiger charge is 2.36. The van der Waals surface area contributed by atoms with Crippen LogP contribution in [-0.2, 0) is 11.2 Å². The molecule has 0 amide bonds. The van der Waals surface area contributed by atoms with Gasteiger partial charge in [-0.05, 0) is 55.4 Å². The minimum absolute atomic E-state index is 0.0809. The predicted molar refractivity (Wildman–Crippen MR) is 105 cm³/mol. The van der Waals surface area contributed by atoms with E-state index in [2.05, 4.69) is 15.2 Å². The highest BCUT2D eigenvalue weighted by Crippen LogP contribution is 2.41. The van der Waals surface area contributed by atoms with Crippen molar-refractivity contribution in [1.82, 2.24) is 15.2 Å². The van der Waals surface area contributed by atoms with E-state index >= 15 is 0 Å². The highest BCUT2D eigenvalue weighted by atomic mass is 35.5. The molecule has 2 aliphatic rings. The number of nitrogens with zero attached hydrogens (tertiary/aromatic N) is 3. The van der Waals surface area contributed by atoms with E-state index in [-0.39, 0.29) is 12.1 Å². The quantitative estimate of drug-likeness (QED) is 0.636. The summed E-state index contributed by atoms with van der Waals surface area (Å²) in [5, 5.41) is 9.23. The van der Waals surface area contributed by atoms with Crippen molar-refractivity contribution in [3.05, 3.63) is 40.4 Å². The Balaban J connectivity index is 1.55. The van der Waals surface area contributed by atoms with Crippen LogP contribution in [0.1, 0.15) is 48.9 Å². The molecule has 0 bridgehead atoms. The maximum atomic E-state index is 13.0. The number of alkyl halides is 2. The van der Waals surface area contributed by atoms with Crippen molar-refractivity contribution in [1.29, 1.82) is 0 Å². The molecule has 6 nitrogen and oxygen atoms in total. The molecule has 1 N–H and O–H groups in total. The summed E-state index contributed by atoms with van der Waals surface area (Å²) in [4.78, 5) is 5.48. The van der Waals surface area contributed by atoms with Gasteiger partial charge in [0, 0.05) is 41.4 Å². The number of aromatic nitrogens is 3. The van der Waals surface area contributed by atoms with Gasteiger partial charge in [-0.15, -0.1) is 5.10 Å². The first-order valence-corrected chi connectivity index (χ1v) is 10.2. The lowest BCUT2D eigenvalue weighted by molar-refractivity contribution is 0.0481. The van der Waals surface area contributed by atoms with Gasteiger partial charge in [0.25, 0.3) is 5.89 Å². The van der Waals surface area contributed by atoms with Gasteiger partial charge < -0.3 is 19.0 Å². The smallest absolute Gasteiger partial charge is 0.318 e. The first kappa shape index (κ1) is 18.8. The van der Waals surface area contributed by atoms with Crippen molar-refractivity contribution in [3.8, 4) is 0 Å². The average Bonchev–Trinajstić information content (AvgIpc) is 3.34. The second-order valence-electron chi connectivity index (χ2n) is 7.71. The molecule has 0 radical (unpaired) electrons. The molecule has 29 heavy (non-hydrogen) atoms.